The Morgan fingerprint density at radius 2 is 0.914 bits per heavy atom. The maximum atomic E-state index is 10.4. The van der Waals surface area contributed by atoms with Gasteiger partial charge < -0.3 is 14.2 Å². The van der Waals surface area contributed by atoms with E-state index in [1.165, 1.54) is 0 Å². The fourth-order valence-corrected chi connectivity index (χ4v) is 3.71. The number of hydrogen-bond donors (Lipinski definition) is 0. The first-order valence-corrected chi connectivity index (χ1v) is 11.2. The molecule has 0 aliphatic heterocycles. The maximum Gasteiger partial charge on any atom is 0.188 e. The van der Waals surface area contributed by atoms with Crippen molar-refractivity contribution in [1.29, 1.82) is 5.26 Å². The van der Waals surface area contributed by atoms with Crippen LogP contribution in [0.2, 0.25) is 0 Å². The second-order valence-corrected chi connectivity index (χ2v) is 7.68. The fraction of sp³-hybridized carbons (Fsp3) is 0. The van der Waals surface area contributed by atoms with Crippen LogP contribution in [0.1, 0.15) is 5.56 Å². The van der Waals surface area contributed by atoms with Gasteiger partial charge in [-0.2, -0.15) is 5.26 Å². The van der Waals surface area contributed by atoms with Crippen LogP contribution in [-0.2, 0) is 0 Å². The van der Waals surface area contributed by atoms with Gasteiger partial charge in [-0.1, -0.05) is 84.9 Å². The molecule has 0 atom stereocenters. The molecule has 168 valence electrons. The minimum atomic E-state index is 0.319. The van der Waals surface area contributed by atoms with Crippen molar-refractivity contribution in [2.45, 2.75) is 0 Å². The standard InChI is InChI=1S/C31H21NO3/c32-22-27-30(23-13-5-1-6-14-23)28(33-24-15-7-2-8-16-24)21-29(34-25-17-9-3-10-18-25)31(27)35-26-19-11-4-12-20-26/h1-21H. The highest BCUT2D eigenvalue weighted by Gasteiger charge is 2.24. The monoisotopic (exact) mass is 455 g/mol. The van der Waals surface area contributed by atoms with Crippen LogP contribution < -0.4 is 14.2 Å². The Balaban J connectivity index is 1.74. The number of benzene rings is 5. The SMILES string of the molecule is N#Cc1c(Oc2ccccc2)c(Oc2ccccc2)cc(Oc2ccccc2)c1-c1ccccc1. The summed E-state index contributed by atoms with van der Waals surface area (Å²) < 4.78 is 18.8. The van der Waals surface area contributed by atoms with Crippen molar-refractivity contribution in [3.63, 3.8) is 0 Å². The van der Waals surface area contributed by atoms with E-state index in [2.05, 4.69) is 6.07 Å². The topological polar surface area (TPSA) is 51.5 Å². The van der Waals surface area contributed by atoms with Crippen LogP contribution >= 0.6 is 0 Å². The maximum absolute atomic E-state index is 10.4. The molecule has 0 spiro atoms. The van der Waals surface area contributed by atoms with Crippen molar-refractivity contribution < 1.29 is 14.2 Å². The molecule has 0 aromatic heterocycles. The van der Waals surface area contributed by atoms with E-state index < -0.39 is 0 Å². The molecule has 5 rings (SSSR count). The lowest BCUT2D eigenvalue weighted by molar-refractivity contribution is 0.411. The van der Waals surface area contributed by atoms with E-state index in [1.54, 1.807) is 6.07 Å². The van der Waals surface area contributed by atoms with Gasteiger partial charge in [0.05, 0.1) is 0 Å². The predicted molar refractivity (Wildman–Crippen MR) is 136 cm³/mol. The highest BCUT2D eigenvalue weighted by atomic mass is 16.5. The van der Waals surface area contributed by atoms with E-state index in [1.807, 2.05) is 121 Å². The molecule has 0 aliphatic rings. The van der Waals surface area contributed by atoms with E-state index in [9.17, 15) is 5.26 Å². The second kappa shape index (κ2) is 10.3. The summed E-state index contributed by atoms with van der Waals surface area (Å²) in [6.07, 6.45) is 0. The lowest BCUT2D eigenvalue weighted by Crippen LogP contribution is -1.99. The Labute approximate surface area is 204 Å². The van der Waals surface area contributed by atoms with Gasteiger partial charge >= 0.3 is 0 Å². The third kappa shape index (κ3) is 5.00. The molecular formula is C31H21NO3. The van der Waals surface area contributed by atoms with Crippen LogP contribution in [0, 0.1) is 11.3 Å². The summed E-state index contributed by atoms with van der Waals surface area (Å²) >= 11 is 0. The molecule has 0 saturated carbocycles. The molecule has 0 N–H and O–H groups in total. The third-order valence-corrected chi connectivity index (χ3v) is 5.29. The highest BCUT2D eigenvalue weighted by Crippen LogP contribution is 2.48. The van der Waals surface area contributed by atoms with Crippen molar-refractivity contribution in [3.05, 3.63) is 133 Å². The summed E-state index contributed by atoms with van der Waals surface area (Å²) in [5, 5.41) is 10.4. The molecule has 4 heteroatoms. The van der Waals surface area contributed by atoms with Gasteiger partial charge in [-0.3, -0.25) is 0 Å². The zero-order valence-electron chi connectivity index (χ0n) is 18.8. The predicted octanol–water partition coefficient (Wildman–Crippen LogP) is 8.60. The number of para-hydroxylation sites is 3. The normalized spacial score (nSPS) is 10.3. The largest absolute Gasteiger partial charge is 0.457 e. The average Bonchev–Trinajstić information content (AvgIpc) is 2.92. The summed E-state index contributed by atoms with van der Waals surface area (Å²) in [6, 6.07) is 42.0. The van der Waals surface area contributed by atoms with Gasteiger partial charge in [-0.05, 0) is 42.0 Å². The quantitative estimate of drug-likeness (QED) is 0.246. The molecule has 0 unspecified atom stereocenters. The third-order valence-electron chi connectivity index (χ3n) is 5.29. The molecular weight excluding hydrogens is 434 g/mol. The Bertz CT molecular complexity index is 1450. The van der Waals surface area contributed by atoms with E-state index in [0.29, 0.717) is 45.6 Å². The molecule has 4 nitrogen and oxygen atoms in total. The minimum absolute atomic E-state index is 0.319. The summed E-state index contributed by atoms with van der Waals surface area (Å²) in [5.74, 6) is 3.05. The molecule has 0 radical (unpaired) electrons. The van der Waals surface area contributed by atoms with Crippen LogP contribution in [0.25, 0.3) is 11.1 Å². The highest BCUT2D eigenvalue weighted by molar-refractivity contribution is 5.82. The van der Waals surface area contributed by atoms with Gasteiger partial charge in [0, 0.05) is 11.6 Å². The number of hydrogen-bond acceptors (Lipinski definition) is 4. The van der Waals surface area contributed by atoms with Gasteiger partial charge in [-0.15, -0.1) is 0 Å². The molecule has 35 heavy (non-hydrogen) atoms. The Morgan fingerprint density at radius 1 is 0.486 bits per heavy atom. The number of nitriles is 1. The Morgan fingerprint density at radius 3 is 1.40 bits per heavy atom. The first kappa shape index (κ1) is 21.8. The van der Waals surface area contributed by atoms with Crippen molar-refractivity contribution in [2.24, 2.45) is 0 Å². The number of ether oxygens (including phenoxy) is 3. The first-order chi connectivity index (χ1) is 17.3. The fourth-order valence-electron chi connectivity index (χ4n) is 3.71. The second-order valence-electron chi connectivity index (χ2n) is 7.68. The van der Waals surface area contributed by atoms with Crippen molar-refractivity contribution in [1.82, 2.24) is 0 Å². The zero-order chi connectivity index (χ0) is 23.9. The van der Waals surface area contributed by atoms with Crippen molar-refractivity contribution in [3.8, 4) is 51.7 Å². The number of rotatable bonds is 7. The van der Waals surface area contributed by atoms with Gasteiger partial charge in [0.2, 0.25) is 0 Å². The zero-order valence-corrected chi connectivity index (χ0v) is 18.8. The van der Waals surface area contributed by atoms with Gasteiger partial charge in [-0.25, -0.2) is 0 Å². The average molecular weight is 456 g/mol. The molecule has 0 amide bonds. The molecule has 0 aliphatic carbocycles. The smallest absolute Gasteiger partial charge is 0.188 e. The van der Waals surface area contributed by atoms with Crippen LogP contribution in [0.15, 0.2) is 127 Å². The van der Waals surface area contributed by atoms with E-state index in [-0.39, 0.29) is 0 Å². The minimum Gasteiger partial charge on any atom is -0.457 e. The van der Waals surface area contributed by atoms with Crippen LogP contribution in [0.5, 0.6) is 34.5 Å². The molecule has 5 aromatic rings. The molecule has 0 saturated heterocycles. The van der Waals surface area contributed by atoms with Crippen LogP contribution in [0.4, 0.5) is 0 Å². The number of nitrogens with zero attached hydrogens (tertiary/aromatic N) is 1. The summed E-state index contributed by atoms with van der Waals surface area (Å²) in [7, 11) is 0. The van der Waals surface area contributed by atoms with Crippen molar-refractivity contribution >= 4 is 0 Å². The van der Waals surface area contributed by atoms with Gasteiger partial charge in [0.15, 0.2) is 11.5 Å². The Kier molecular flexibility index (Phi) is 6.41. The lowest BCUT2D eigenvalue weighted by atomic mass is 9.97. The van der Waals surface area contributed by atoms with Gasteiger partial charge in [0.25, 0.3) is 0 Å². The van der Waals surface area contributed by atoms with Crippen LogP contribution in [-0.4, -0.2) is 0 Å². The summed E-state index contributed by atoms with van der Waals surface area (Å²) in [6.45, 7) is 0. The van der Waals surface area contributed by atoms with E-state index in [4.69, 9.17) is 14.2 Å². The molecule has 0 heterocycles. The molecule has 5 aromatic carbocycles. The first-order valence-electron chi connectivity index (χ1n) is 11.2. The Hall–Kier alpha value is -5.01. The van der Waals surface area contributed by atoms with Crippen LogP contribution in [0.3, 0.4) is 0 Å². The molecule has 0 bridgehead atoms. The van der Waals surface area contributed by atoms with E-state index in [0.717, 1.165) is 5.56 Å². The summed E-state index contributed by atoms with van der Waals surface area (Å²) in [5.41, 5.74) is 1.78. The van der Waals surface area contributed by atoms with Gasteiger partial charge in [0.1, 0.15) is 34.6 Å². The van der Waals surface area contributed by atoms with Crippen molar-refractivity contribution in [2.75, 3.05) is 0 Å². The molecule has 0 fully saturated rings. The lowest BCUT2D eigenvalue weighted by Gasteiger charge is -2.20. The van der Waals surface area contributed by atoms with E-state index >= 15 is 0 Å². The summed E-state index contributed by atoms with van der Waals surface area (Å²) in [4.78, 5) is 0.